The molecule has 27 heavy (non-hydrogen) atoms. The normalized spacial score (nSPS) is 14.7. The predicted molar refractivity (Wildman–Crippen MR) is 103 cm³/mol. The number of imide groups is 1. The molecule has 1 aliphatic rings. The van der Waals surface area contributed by atoms with Crippen LogP contribution in [0, 0.1) is 0 Å². The number of carbonyl (C=O) groups is 3. The van der Waals surface area contributed by atoms with E-state index in [1.165, 1.54) is 11.3 Å². The quantitative estimate of drug-likeness (QED) is 0.426. The summed E-state index contributed by atoms with van der Waals surface area (Å²) in [5.74, 6) is -0.521. The first-order valence-electron chi connectivity index (χ1n) is 7.99. The molecule has 1 aliphatic heterocycles. The van der Waals surface area contributed by atoms with Crippen LogP contribution < -0.4 is 20.3 Å². The number of thiocarbonyl (C=S) groups is 1. The summed E-state index contributed by atoms with van der Waals surface area (Å²) in [7, 11) is 3.46. The molecule has 2 aromatic rings. The smallest absolute Gasteiger partial charge is 0.246 e. The van der Waals surface area contributed by atoms with E-state index < -0.39 is 5.91 Å². The fourth-order valence-corrected chi connectivity index (χ4v) is 3.75. The maximum atomic E-state index is 11.9. The average molecular weight is 407 g/mol. The fraction of sp³-hybridized carbons (Fsp3) is 0.312. The molecule has 0 radical (unpaired) electrons. The SMILES string of the molecule is COc1ccc2c(c1)sc(=NNC(=S)NC(=O)CN1C(=O)CCC1=O)n2C. The molecule has 9 nitrogen and oxygen atoms in total. The van der Waals surface area contributed by atoms with Gasteiger partial charge in [-0.3, -0.25) is 24.7 Å². The molecule has 1 aromatic heterocycles. The van der Waals surface area contributed by atoms with Crippen LogP contribution in [0.5, 0.6) is 5.75 Å². The summed E-state index contributed by atoms with van der Waals surface area (Å²) in [5, 5.41) is 6.59. The number of hydrogen-bond acceptors (Lipinski definition) is 7. The fourth-order valence-electron chi connectivity index (χ4n) is 2.58. The summed E-state index contributed by atoms with van der Waals surface area (Å²) in [6, 6.07) is 5.69. The molecule has 11 heteroatoms. The standard InChI is InChI=1S/C16H17N5O4S2/c1-20-10-4-3-9(25-2)7-11(10)27-16(20)19-18-15(26)17-12(22)8-21-13(23)5-6-14(21)24/h3-4,7H,5-6,8H2,1-2H3,(H2,17,18,22,26). The number of ether oxygens (including phenoxy) is 1. The molecule has 0 saturated carbocycles. The molecule has 3 rings (SSSR count). The van der Waals surface area contributed by atoms with E-state index in [2.05, 4.69) is 15.8 Å². The number of aryl methyl sites for hydroxylation is 1. The Kier molecular flexibility index (Phi) is 5.51. The average Bonchev–Trinajstić information content (AvgIpc) is 3.13. The van der Waals surface area contributed by atoms with Crippen molar-refractivity contribution in [2.24, 2.45) is 12.1 Å². The molecular weight excluding hydrogens is 390 g/mol. The monoisotopic (exact) mass is 407 g/mol. The molecule has 142 valence electrons. The number of benzene rings is 1. The number of amides is 3. The second-order valence-corrected chi connectivity index (χ2v) is 7.17. The van der Waals surface area contributed by atoms with E-state index >= 15 is 0 Å². The molecule has 1 saturated heterocycles. The van der Waals surface area contributed by atoms with E-state index in [4.69, 9.17) is 17.0 Å². The van der Waals surface area contributed by atoms with E-state index in [1.54, 1.807) is 7.11 Å². The van der Waals surface area contributed by atoms with Crippen molar-refractivity contribution in [3.05, 3.63) is 23.0 Å². The van der Waals surface area contributed by atoms with Crippen molar-refractivity contribution >= 4 is 56.6 Å². The molecule has 0 spiro atoms. The minimum absolute atomic E-state index is 0.0193. The zero-order valence-electron chi connectivity index (χ0n) is 14.6. The van der Waals surface area contributed by atoms with E-state index in [0.29, 0.717) is 4.80 Å². The highest BCUT2D eigenvalue weighted by atomic mass is 32.1. The predicted octanol–water partition coefficient (Wildman–Crippen LogP) is 0.204. The molecule has 0 atom stereocenters. The Labute approximate surface area is 163 Å². The lowest BCUT2D eigenvalue weighted by Crippen LogP contribution is -2.45. The summed E-state index contributed by atoms with van der Waals surface area (Å²) in [6.07, 6.45) is 0.273. The highest BCUT2D eigenvalue weighted by Gasteiger charge is 2.30. The van der Waals surface area contributed by atoms with Crippen LogP contribution in [-0.2, 0) is 21.4 Å². The summed E-state index contributed by atoms with van der Waals surface area (Å²) in [6.45, 7) is -0.351. The minimum atomic E-state index is -0.559. The van der Waals surface area contributed by atoms with Crippen LogP contribution in [0.4, 0.5) is 0 Å². The number of nitrogens with one attached hydrogen (secondary N) is 2. The number of methoxy groups -OCH3 is 1. The lowest BCUT2D eigenvalue weighted by Gasteiger charge is -2.13. The third-order valence-corrected chi connectivity index (χ3v) is 5.27. The lowest BCUT2D eigenvalue weighted by molar-refractivity contribution is -0.142. The van der Waals surface area contributed by atoms with Crippen LogP contribution >= 0.6 is 23.6 Å². The summed E-state index contributed by atoms with van der Waals surface area (Å²) >= 11 is 6.47. The van der Waals surface area contributed by atoms with Crippen LogP contribution in [0.1, 0.15) is 12.8 Å². The van der Waals surface area contributed by atoms with Gasteiger partial charge >= 0.3 is 0 Å². The number of rotatable bonds is 4. The molecule has 1 fully saturated rings. The van der Waals surface area contributed by atoms with Crippen molar-refractivity contribution in [3.63, 3.8) is 0 Å². The van der Waals surface area contributed by atoms with Crippen LogP contribution in [0.3, 0.4) is 0 Å². The third kappa shape index (κ3) is 4.14. The van der Waals surface area contributed by atoms with E-state index in [9.17, 15) is 14.4 Å². The Morgan fingerprint density at radius 1 is 1.33 bits per heavy atom. The second kappa shape index (κ2) is 7.84. The number of hydrogen-bond donors (Lipinski definition) is 2. The number of thiazole rings is 1. The van der Waals surface area contributed by atoms with Gasteiger partial charge < -0.3 is 14.6 Å². The Morgan fingerprint density at radius 3 is 2.70 bits per heavy atom. The zero-order chi connectivity index (χ0) is 19.6. The van der Waals surface area contributed by atoms with Gasteiger partial charge in [0, 0.05) is 19.9 Å². The van der Waals surface area contributed by atoms with Crippen LogP contribution in [-0.4, -0.2) is 46.0 Å². The molecule has 0 aliphatic carbocycles. The highest BCUT2D eigenvalue weighted by Crippen LogP contribution is 2.22. The summed E-state index contributed by atoms with van der Waals surface area (Å²) < 4.78 is 8.07. The largest absolute Gasteiger partial charge is 0.497 e. The molecule has 1 aromatic carbocycles. The minimum Gasteiger partial charge on any atom is -0.497 e. The van der Waals surface area contributed by atoms with E-state index in [1.807, 2.05) is 29.8 Å². The molecule has 3 amide bonds. The van der Waals surface area contributed by atoms with Gasteiger partial charge in [0.05, 0.1) is 17.3 Å². The maximum absolute atomic E-state index is 11.9. The highest BCUT2D eigenvalue weighted by molar-refractivity contribution is 7.80. The number of likely N-dealkylation sites (tertiary alicyclic amines) is 1. The lowest BCUT2D eigenvalue weighted by atomic mass is 10.3. The van der Waals surface area contributed by atoms with Crippen molar-refractivity contribution in [2.45, 2.75) is 12.8 Å². The first-order chi connectivity index (χ1) is 12.9. The van der Waals surface area contributed by atoms with Crippen LogP contribution in [0.25, 0.3) is 10.2 Å². The molecule has 0 unspecified atom stereocenters. The summed E-state index contributed by atoms with van der Waals surface area (Å²) in [5.41, 5.74) is 3.58. The Morgan fingerprint density at radius 2 is 2.04 bits per heavy atom. The first kappa shape index (κ1) is 19.0. The van der Waals surface area contributed by atoms with Crippen molar-refractivity contribution in [3.8, 4) is 5.75 Å². The molecule has 2 heterocycles. The topological polar surface area (TPSA) is 105 Å². The molecule has 0 bridgehead atoms. The maximum Gasteiger partial charge on any atom is 0.246 e. The first-order valence-corrected chi connectivity index (χ1v) is 9.22. The molecule has 2 N–H and O–H groups in total. The number of carbonyl (C=O) groups excluding carboxylic acids is 3. The van der Waals surface area contributed by atoms with Crippen molar-refractivity contribution in [2.75, 3.05) is 13.7 Å². The number of nitrogens with zero attached hydrogens (tertiary/aromatic N) is 3. The van der Waals surface area contributed by atoms with E-state index in [0.717, 1.165) is 20.9 Å². The van der Waals surface area contributed by atoms with Gasteiger partial charge in [0.1, 0.15) is 12.3 Å². The summed E-state index contributed by atoms with van der Waals surface area (Å²) in [4.78, 5) is 36.6. The van der Waals surface area contributed by atoms with Crippen LogP contribution in [0.2, 0.25) is 0 Å². The van der Waals surface area contributed by atoms with Crippen molar-refractivity contribution in [1.82, 2.24) is 20.2 Å². The van der Waals surface area contributed by atoms with Gasteiger partial charge in [0.15, 0.2) is 5.11 Å². The van der Waals surface area contributed by atoms with Gasteiger partial charge in [0.2, 0.25) is 22.5 Å². The molecular formula is C16H17N5O4S2. The van der Waals surface area contributed by atoms with Gasteiger partial charge in [-0.05, 0) is 30.4 Å². The number of fused-ring (bicyclic) bond motifs is 1. The van der Waals surface area contributed by atoms with Gasteiger partial charge in [-0.15, -0.1) is 5.10 Å². The van der Waals surface area contributed by atoms with Gasteiger partial charge in [0.25, 0.3) is 0 Å². The van der Waals surface area contributed by atoms with Gasteiger partial charge in [-0.2, -0.15) is 0 Å². The Balaban J connectivity index is 1.65. The van der Waals surface area contributed by atoms with Crippen LogP contribution in [0.15, 0.2) is 23.3 Å². The number of aromatic nitrogens is 1. The Hall–Kier alpha value is -2.79. The zero-order valence-corrected chi connectivity index (χ0v) is 16.3. The van der Waals surface area contributed by atoms with E-state index in [-0.39, 0.29) is 36.3 Å². The van der Waals surface area contributed by atoms with Gasteiger partial charge in [-0.1, -0.05) is 11.3 Å². The van der Waals surface area contributed by atoms with Crippen molar-refractivity contribution in [1.29, 1.82) is 0 Å². The second-order valence-electron chi connectivity index (χ2n) is 5.75. The third-order valence-electron chi connectivity index (χ3n) is 3.98. The Bertz CT molecular complexity index is 994. The van der Waals surface area contributed by atoms with Gasteiger partial charge in [-0.25, -0.2) is 0 Å². The van der Waals surface area contributed by atoms with Crippen molar-refractivity contribution < 1.29 is 19.1 Å².